The van der Waals surface area contributed by atoms with Gasteiger partial charge >= 0.3 is 11.8 Å². The molecule has 120 valence electrons. The van der Waals surface area contributed by atoms with Crippen LogP contribution in [0.4, 0.5) is 0 Å². The third-order valence-corrected chi connectivity index (χ3v) is 3.42. The van der Waals surface area contributed by atoms with Crippen molar-refractivity contribution >= 4 is 11.8 Å². The van der Waals surface area contributed by atoms with Gasteiger partial charge in [-0.15, -0.1) is 0 Å². The monoisotopic (exact) mass is 310 g/mol. The highest BCUT2D eigenvalue weighted by atomic mass is 16.2. The Hall–Kier alpha value is -2.62. The number of rotatable bonds is 5. The number of nitrogens with one attached hydrogen (secondary N) is 2. The van der Waals surface area contributed by atoms with E-state index in [9.17, 15) is 9.59 Å². The van der Waals surface area contributed by atoms with Crippen LogP contribution in [0.25, 0.3) is 0 Å². The Morgan fingerprint density at radius 3 is 1.74 bits per heavy atom. The molecule has 0 spiro atoms. The van der Waals surface area contributed by atoms with Gasteiger partial charge in [-0.3, -0.25) is 9.59 Å². The summed E-state index contributed by atoms with van der Waals surface area (Å²) in [5.41, 5.74) is 1.87. The van der Waals surface area contributed by atoms with Crippen molar-refractivity contribution in [2.75, 3.05) is 6.54 Å². The van der Waals surface area contributed by atoms with Gasteiger partial charge in [0.2, 0.25) is 0 Å². The molecule has 4 nitrogen and oxygen atoms in total. The van der Waals surface area contributed by atoms with E-state index in [-0.39, 0.29) is 6.04 Å². The fraction of sp³-hybridized carbons (Fsp3) is 0.263. The zero-order valence-electron chi connectivity index (χ0n) is 13.5. The quantitative estimate of drug-likeness (QED) is 0.834. The summed E-state index contributed by atoms with van der Waals surface area (Å²) in [6.45, 7) is 4.44. The molecule has 0 saturated carbocycles. The van der Waals surface area contributed by atoms with Gasteiger partial charge in [0.1, 0.15) is 0 Å². The number of hydrogen-bond acceptors (Lipinski definition) is 2. The third-order valence-electron chi connectivity index (χ3n) is 3.42. The van der Waals surface area contributed by atoms with Crippen LogP contribution in [0.3, 0.4) is 0 Å². The van der Waals surface area contributed by atoms with Crippen molar-refractivity contribution in [3.05, 3.63) is 71.8 Å². The Balaban J connectivity index is 2.16. The minimum atomic E-state index is -0.622. The highest BCUT2D eigenvalue weighted by molar-refractivity contribution is 6.35. The van der Waals surface area contributed by atoms with E-state index in [4.69, 9.17) is 0 Å². The van der Waals surface area contributed by atoms with Crippen molar-refractivity contribution in [3.63, 3.8) is 0 Å². The Bertz CT molecular complexity index is 599. The van der Waals surface area contributed by atoms with Crippen molar-refractivity contribution in [3.8, 4) is 0 Å². The summed E-state index contributed by atoms with van der Waals surface area (Å²) in [5.74, 6) is -0.926. The number of carbonyl (C=O) groups excluding carboxylic acids is 2. The minimum Gasteiger partial charge on any atom is -0.348 e. The molecular formula is C19H22N2O2. The van der Waals surface area contributed by atoms with Gasteiger partial charge in [-0.1, -0.05) is 74.5 Å². The van der Waals surface area contributed by atoms with E-state index >= 15 is 0 Å². The molecule has 2 rings (SSSR count). The second kappa shape index (κ2) is 8.13. The first-order chi connectivity index (χ1) is 11.1. The average molecular weight is 310 g/mol. The molecule has 0 aliphatic heterocycles. The lowest BCUT2D eigenvalue weighted by atomic mass is 9.99. The zero-order chi connectivity index (χ0) is 16.7. The number of amides is 2. The van der Waals surface area contributed by atoms with Gasteiger partial charge < -0.3 is 10.6 Å². The highest BCUT2D eigenvalue weighted by Gasteiger charge is 2.21. The van der Waals surface area contributed by atoms with Gasteiger partial charge in [-0.25, -0.2) is 0 Å². The summed E-state index contributed by atoms with van der Waals surface area (Å²) in [6.07, 6.45) is 0. The fourth-order valence-electron chi connectivity index (χ4n) is 2.22. The van der Waals surface area contributed by atoms with Crippen molar-refractivity contribution in [2.24, 2.45) is 5.92 Å². The molecule has 0 aliphatic rings. The van der Waals surface area contributed by atoms with Crippen LogP contribution in [-0.2, 0) is 9.59 Å². The molecule has 2 aromatic carbocycles. The van der Waals surface area contributed by atoms with Gasteiger partial charge in [0.05, 0.1) is 6.04 Å². The van der Waals surface area contributed by atoms with Crippen molar-refractivity contribution in [2.45, 2.75) is 19.9 Å². The number of benzene rings is 2. The normalized spacial score (nSPS) is 10.6. The smallest absolute Gasteiger partial charge is 0.310 e. The van der Waals surface area contributed by atoms with Gasteiger partial charge in [-0.05, 0) is 17.0 Å². The Morgan fingerprint density at radius 2 is 1.30 bits per heavy atom. The molecule has 2 amide bonds. The maximum absolute atomic E-state index is 12.2. The molecule has 0 unspecified atom stereocenters. The molecule has 23 heavy (non-hydrogen) atoms. The lowest BCUT2D eigenvalue weighted by molar-refractivity contribution is -0.139. The zero-order valence-corrected chi connectivity index (χ0v) is 13.5. The molecule has 0 saturated heterocycles. The van der Waals surface area contributed by atoms with Crippen LogP contribution in [0.2, 0.25) is 0 Å². The molecule has 0 bridgehead atoms. The molecule has 2 N–H and O–H groups in total. The summed E-state index contributed by atoms with van der Waals surface area (Å²) >= 11 is 0. The van der Waals surface area contributed by atoms with E-state index in [2.05, 4.69) is 10.6 Å². The molecule has 4 heteroatoms. The Kier molecular flexibility index (Phi) is 5.92. The van der Waals surface area contributed by atoms with Crippen LogP contribution >= 0.6 is 0 Å². The average Bonchev–Trinajstić information content (AvgIpc) is 2.58. The predicted octanol–water partition coefficient (Wildman–Crippen LogP) is 2.66. The van der Waals surface area contributed by atoms with Crippen molar-refractivity contribution in [1.29, 1.82) is 0 Å². The summed E-state index contributed by atoms with van der Waals surface area (Å²) in [6, 6.07) is 18.9. The summed E-state index contributed by atoms with van der Waals surface area (Å²) < 4.78 is 0. The van der Waals surface area contributed by atoms with Gasteiger partial charge in [0, 0.05) is 6.54 Å². The third kappa shape index (κ3) is 4.95. The first-order valence-electron chi connectivity index (χ1n) is 7.76. The standard InChI is InChI=1S/C19H22N2O2/c1-14(2)13-20-18(22)19(23)21-17(15-9-5-3-6-10-15)16-11-7-4-8-12-16/h3-12,14,17H,13H2,1-2H3,(H,20,22)(H,21,23). The predicted molar refractivity (Wildman–Crippen MR) is 90.7 cm³/mol. The first kappa shape index (κ1) is 16.7. The van der Waals surface area contributed by atoms with Gasteiger partial charge in [0.15, 0.2) is 0 Å². The van der Waals surface area contributed by atoms with E-state index in [1.165, 1.54) is 0 Å². The SMILES string of the molecule is CC(C)CNC(=O)C(=O)NC(c1ccccc1)c1ccccc1. The fourth-order valence-corrected chi connectivity index (χ4v) is 2.22. The lowest BCUT2D eigenvalue weighted by Gasteiger charge is -2.19. The largest absolute Gasteiger partial charge is 0.348 e. The molecular weight excluding hydrogens is 288 g/mol. The Labute approximate surface area is 136 Å². The molecule has 0 fully saturated rings. The molecule has 0 aliphatic carbocycles. The van der Waals surface area contributed by atoms with Crippen LogP contribution in [0.15, 0.2) is 60.7 Å². The second-order valence-electron chi connectivity index (χ2n) is 5.83. The van der Waals surface area contributed by atoms with E-state index in [1.807, 2.05) is 74.5 Å². The lowest BCUT2D eigenvalue weighted by Crippen LogP contribution is -2.42. The topological polar surface area (TPSA) is 58.2 Å². The number of hydrogen-bond donors (Lipinski definition) is 2. The summed E-state index contributed by atoms with van der Waals surface area (Å²) in [4.78, 5) is 24.1. The van der Waals surface area contributed by atoms with Crippen LogP contribution in [0, 0.1) is 5.92 Å². The maximum Gasteiger partial charge on any atom is 0.310 e. The maximum atomic E-state index is 12.2. The summed E-state index contributed by atoms with van der Waals surface area (Å²) in [5, 5.41) is 5.46. The molecule has 0 atom stereocenters. The van der Waals surface area contributed by atoms with Gasteiger partial charge in [-0.2, -0.15) is 0 Å². The van der Waals surface area contributed by atoms with Crippen LogP contribution in [0.5, 0.6) is 0 Å². The highest BCUT2D eigenvalue weighted by Crippen LogP contribution is 2.21. The van der Waals surface area contributed by atoms with E-state index < -0.39 is 11.8 Å². The first-order valence-corrected chi connectivity index (χ1v) is 7.76. The molecule has 0 radical (unpaired) electrons. The van der Waals surface area contributed by atoms with E-state index in [1.54, 1.807) is 0 Å². The molecule has 0 heterocycles. The van der Waals surface area contributed by atoms with Crippen molar-refractivity contribution in [1.82, 2.24) is 10.6 Å². The van der Waals surface area contributed by atoms with Crippen LogP contribution in [-0.4, -0.2) is 18.4 Å². The minimum absolute atomic E-state index is 0.297. The molecule has 0 aromatic heterocycles. The number of carbonyl (C=O) groups is 2. The van der Waals surface area contributed by atoms with Crippen LogP contribution < -0.4 is 10.6 Å². The van der Waals surface area contributed by atoms with Crippen molar-refractivity contribution < 1.29 is 9.59 Å². The molecule has 2 aromatic rings. The van der Waals surface area contributed by atoms with E-state index in [0.717, 1.165) is 11.1 Å². The Morgan fingerprint density at radius 1 is 0.826 bits per heavy atom. The van der Waals surface area contributed by atoms with Crippen LogP contribution in [0.1, 0.15) is 31.0 Å². The second-order valence-corrected chi connectivity index (χ2v) is 5.83. The van der Waals surface area contributed by atoms with E-state index in [0.29, 0.717) is 12.5 Å². The van der Waals surface area contributed by atoms with Gasteiger partial charge in [0.25, 0.3) is 0 Å². The summed E-state index contributed by atoms with van der Waals surface area (Å²) in [7, 11) is 0.